The lowest BCUT2D eigenvalue weighted by molar-refractivity contribution is -0.115. The first-order valence-corrected chi connectivity index (χ1v) is 10.9. The van der Waals surface area contributed by atoms with Gasteiger partial charge in [-0.2, -0.15) is 0 Å². The molecule has 0 bridgehead atoms. The van der Waals surface area contributed by atoms with E-state index in [0.29, 0.717) is 13.0 Å². The minimum Gasteiger partial charge on any atom is -0.494 e. The summed E-state index contributed by atoms with van der Waals surface area (Å²) in [6, 6.07) is 19.4. The van der Waals surface area contributed by atoms with E-state index in [9.17, 15) is 4.79 Å². The third-order valence-electron chi connectivity index (χ3n) is 5.39. The highest BCUT2D eigenvalue weighted by molar-refractivity contribution is 5.92. The maximum atomic E-state index is 12.4. The normalized spacial score (nSPS) is 13.6. The zero-order valence-electron chi connectivity index (χ0n) is 17.9. The fourth-order valence-electron chi connectivity index (χ4n) is 3.76. The van der Waals surface area contributed by atoms with E-state index in [4.69, 9.17) is 4.74 Å². The lowest BCUT2D eigenvalue weighted by atomic mass is 10.1. The van der Waals surface area contributed by atoms with E-state index in [2.05, 4.69) is 20.4 Å². The molecule has 0 spiro atoms. The van der Waals surface area contributed by atoms with Gasteiger partial charge in [-0.15, -0.1) is 10.2 Å². The van der Waals surface area contributed by atoms with Crippen LogP contribution in [0.1, 0.15) is 31.7 Å². The first kappa shape index (κ1) is 20.8. The molecule has 2 heterocycles. The van der Waals surface area contributed by atoms with Crippen LogP contribution in [0, 0.1) is 0 Å². The molecule has 6 nitrogen and oxygen atoms in total. The number of nitrogens with one attached hydrogen (secondary N) is 1. The molecule has 4 rings (SSSR count). The van der Waals surface area contributed by atoms with Crippen molar-refractivity contribution in [2.45, 2.75) is 32.6 Å². The molecule has 1 aromatic heterocycles. The standard InChI is InChI=1S/C25H28N4O2/c1-2-31-22-12-6-19(7-13-22)18-25(30)26-21-10-8-20(9-11-21)23-14-15-24(28-27-23)29-16-4-3-5-17-29/h6-15H,2-5,16-18H2,1H3,(H,26,30). The molecule has 1 fully saturated rings. The van der Waals surface area contributed by atoms with Crippen molar-refractivity contribution in [2.24, 2.45) is 0 Å². The Labute approximate surface area is 183 Å². The van der Waals surface area contributed by atoms with E-state index < -0.39 is 0 Å². The van der Waals surface area contributed by atoms with Gasteiger partial charge in [-0.1, -0.05) is 24.3 Å². The highest BCUT2D eigenvalue weighted by Crippen LogP contribution is 2.22. The minimum absolute atomic E-state index is 0.0532. The number of anilines is 2. The number of carbonyl (C=O) groups is 1. The van der Waals surface area contributed by atoms with Crippen molar-refractivity contribution < 1.29 is 9.53 Å². The largest absolute Gasteiger partial charge is 0.494 e. The molecule has 0 radical (unpaired) electrons. The molecule has 2 aromatic carbocycles. The van der Waals surface area contributed by atoms with Gasteiger partial charge < -0.3 is 15.0 Å². The van der Waals surface area contributed by atoms with E-state index in [1.165, 1.54) is 19.3 Å². The Bertz CT molecular complexity index is 980. The van der Waals surface area contributed by atoms with Gasteiger partial charge in [-0.25, -0.2) is 0 Å². The lowest BCUT2D eigenvalue weighted by Crippen LogP contribution is -2.30. The van der Waals surface area contributed by atoms with Crippen LogP contribution in [0.5, 0.6) is 5.75 Å². The number of carbonyl (C=O) groups excluding carboxylic acids is 1. The second-order valence-electron chi connectivity index (χ2n) is 7.70. The van der Waals surface area contributed by atoms with Crippen LogP contribution in [-0.2, 0) is 11.2 Å². The van der Waals surface area contributed by atoms with Gasteiger partial charge in [0.1, 0.15) is 5.75 Å². The van der Waals surface area contributed by atoms with Crippen LogP contribution in [-0.4, -0.2) is 35.8 Å². The van der Waals surface area contributed by atoms with E-state index in [0.717, 1.165) is 47.2 Å². The van der Waals surface area contributed by atoms with E-state index >= 15 is 0 Å². The van der Waals surface area contributed by atoms with E-state index in [1.807, 2.05) is 67.6 Å². The van der Waals surface area contributed by atoms with Crippen molar-refractivity contribution in [3.05, 3.63) is 66.2 Å². The second kappa shape index (κ2) is 10.1. The first-order valence-electron chi connectivity index (χ1n) is 10.9. The average molecular weight is 417 g/mol. The number of aromatic nitrogens is 2. The fourth-order valence-corrected chi connectivity index (χ4v) is 3.76. The summed E-state index contributed by atoms with van der Waals surface area (Å²) in [5.41, 5.74) is 3.51. The van der Waals surface area contributed by atoms with E-state index in [1.54, 1.807) is 0 Å². The zero-order valence-corrected chi connectivity index (χ0v) is 17.9. The molecule has 1 amide bonds. The van der Waals surface area contributed by atoms with Gasteiger partial charge in [0, 0.05) is 24.3 Å². The summed E-state index contributed by atoms with van der Waals surface area (Å²) in [6.07, 6.45) is 4.05. The molecule has 3 aromatic rings. The number of ether oxygens (including phenoxy) is 1. The quantitative estimate of drug-likeness (QED) is 0.604. The average Bonchev–Trinajstić information content (AvgIpc) is 2.82. The summed E-state index contributed by atoms with van der Waals surface area (Å²) in [4.78, 5) is 14.7. The summed E-state index contributed by atoms with van der Waals surface area (Å²) >= 11 is 0. The van der Waals surface area contributed by atoms with Crippen molar-refractivity contribution in [1.82, 2.24) is 10.2 Å². The Balaban J connectivity index is 1.33. The van der Waals surface area contributed by atoms with Gasteiger partial charge in [0.05, 0.1) is 18.7 Å². The van der Waals surface area contributed by atoms with Gasteiger partial charge in [0.25, 0.3) is 0 Å². The number of amides is 1. The Kier molecular flexibility index (Phi) is 6.77. The van der Waals surface area contributed by atoms with Gasteiger partial charge in [-0.05, 0) is 68.1 Å². The minimum atomic E-state index is -0.0532. The summed E-state index contributed by atoms with van der Waals surface area (Å²) < 4.78 is 5.43. The molecule has 31 heavy (non-hydrogen) atoms. The molecule has 1 saturated heterocycles. The smallest absolute Gasteiger partial charge is 0.228 e. The number of piperidine rings is 1. The summed E-state index contributed by atoms with van der Waals surface area (Å²) in [5.74, 6) is 1.71. The van der Waals surface area contributed by atoms with Crippen LogP contribution in [0.25, 0.3) is 11.3 Å². The molecule has 1 aliphatic rings. The van der Waals surface area contributed by atoms with Crippen LogP contribution in [0.4, 0.5) is 11.5 Å². The SMILES string of the molecule is CCOc1ccc(CC(=O)Nc2ccc(-c3ccc(N4CCCCC4)nn3)cc2)cc1. The van der Waals surface area contributed by atoms with Crippen molar-refractivity contribution in [2.75, 3.05) is 29.9 Å². The zero-order chi connectivity index (χ0) is 21.5. The molecule has 0 unspecified atom stereocenters. The number of nitrogens with zero attached hydrogens (tertiary/aromatic N) is 3. The van der Waals surface area contributed by atoms with Crippen LogP contribution >= 0.6 is 0 Å². The molecule has 0 atom stereocenters. The Hall–Kier alpha value is -3.41. The van der Waals surface area contributed by atoms with Crippen LogP contribution < -0.4 is 15.0 Å². The molecule has 1 aliphatic heterocycles. The maximum Gasteiger partial charge on any atom is 0.228 e. The van der Waals surface area contributed by atoms with Crippen molar-refractivity contribution in [1.29, 1.82) is 0 Å². The Morgan fingerprint density at radius 3 is 2.32 bits per heavy atom. The number of hydrogen-bond donors (Lipinski definition) is 1. The molecular weight excluding hydrogens is 388 g/mol. The topological polar surface area (TPSA) is 67.3 Å². The molecular formula is C25H28N4O2. The first-order chi connectivity index (χ1) is 15.2. The molecule has 1 N–H and O–H groups in total. The summed E-state index contributed by atoms with van der Waals surface area (Å²) in [6.45, 7) is 4.69. The second-order valence-corrected chi connectivity index (χ2v) is 7.70. The molecule has 0 saturated carbocycles. The van der Waals surface area contributed by atoms with Gasteiger partial charge in [-0.3, -0.25) is 4.79 Å². The van der Waals surface area contributed by atoms with Crippen LogP contribution in [0.2, 0.25) is 0 Å². The van der Waals surface area contributed by atoms with Crippen LogP contribution in [0.15, 0.2) is 60.7 Å². The highest BCUT2D eigenvalue weighted by atomic mass is 16.5. The van der Waals surface area contributed by atoms with Crippen molar-refractivity contribution in [3.8, 4) is 17.0 Å². The fraction of sp³-hybridized carbons (Fsp3) is 0.320. The maximum absolute atomic E-state index is 12.4. The number of rotatable bonds is 7. The number of hydrogen-bond acceptors (Lipinski definition) is 5. The molecule has 0 aliphatic carbocycles. The van der Waals surface area contributed by atoms with Crippen molar-refractivity contribution >= 4 is 17.4 Å². The van der Waals surface area contributed by atoms with Crippen molar-refractivity contribution in [3.63, 3.8) is 0 Å². The van der Waals surface area contributed by atoms with Gasteiger partial charge in [0.15, 0.2) is 5.82 Å². The predicted octanol–water partition coefficient (Wildman–Crippen LogP) is 4.71. The van der Waals surface area contributed by atoms with Gasteiger partial charge in [0.2, 0.25) is 5.91 Å². The van der Waals surface area contributed by atoms with Crippen LogP contribution in [0.3, 0.4) is 0 Å². The predicted molar refractivity (Wildman–Crippen MR) is 123 cm³/mol. The van der Waals surface area contributed by atoms with E-state index in [-0.39, 0.29) is 5.91 Å². The third-order valence-corrected chi connectivity index (χ3v) is 5.39. The van der Waals surface area contributed by atoms with Gasteiger partial charge >= 0.3 is 0 Å². The molecule has 160 valence electrons. The summed E-state index contributed by atoms with van der Waals surface area (Å²) in [5, 5.41) is 11.8. The highest BCUT2D eigenvalue weighted by Gasteiger charge is 2.13. The molecule has 6 heteroatoms. The Morgan fingerprint density at radius 2 is 1.68 bits per heavy atom. The lowest BCUT2D eigenvalue weighted by Gasteiger charge is -2.27. The summed E-state index contributed by atoms with van der Waals surface area (Å²) in [7, 11) is 0. The number of benzene rings is 2. The third kappa shape index (κ3) is 5.60. The Morgan fingerprint density at radius 1 is 0.935 bits per heavy atom. The monoisotopic (exact) mass is 416 g/mol.